The minimum Gasteiger partial charge on any atom is -0.456 e. The van der Waals surface area contributed by atoms with Crippen LogP contribution in [0.2, 0.25) is 5.02 Å². The van der Waals surface area contributed by atoms with Crippen molar-refractivity contribution in [3.63, 3.8) is 0 Å². The van der Waals surface area contributed by atoms with Gasteiger partial charge < -0.3 is 22.6 Å². The van der Waals surface area contributed by atoms with Gasteiger partial charge in [-0.2, -0.15) is 0 Å². The molecule has 99 heavy (non-hydrogen) atoms. The van der Waals surface area contributed by atoms with Gasteiger partial charge in [-0.1, -0.05) is 236 Å². The van der Waals surface area contributed by atoms with Gasteiger partial charge in [-0.3, -0.25) is 0 Å². The first-order valence-electron chi connectivity index (χ1n) is 33.1. The van der Waals surface area contributed by atoms with Crippen LogP contribution in [0.3, 0.4) is 0 Å². The third-order valence-electron chi connectivity index (χ3n) is 18.7. The van der Waals surface area contributed by atoms with E-state index in [1.807, 2.05) is 109 Å². The van der Waals surface area contributed by atoms with Crippen molar-refractivity contribution in [2.24, 2.45) is 0 Å². The Labute approximate surface area is 574 Å². The standard InChI is InChI=1S/C45H28N2O2.C25H18O.C21H12ClNO/c1-3-10-29(11-4-1)33-14-9-15-34(26-33)47(36-23-25-42-39(28-36)37-16-7-8-17-41(37)48-42)35-22-20-30-18-19-31-21-24-40-44(43(31)38(30)27-35)49-45(46-40)32-12-5-2-6-13-32;1-2-8-20(9-3-1)21-10-6-7-18(16-21)15-19-13-14-25-23(17-19)22-11-4-5-12-24(22)26-25;22-16-10-8-13-6-7-14-9-11-18-20(19(14)17(13)12-16)24-21(23-18)15-4-2-1-3-5-15/h1-28H;1-14,16-17H,15H2;1-12H. The Morgan fingerprint density at radius 1 is 0.263 bits per heavy atom. The largest absolute Gasteiger partial charge is 0.456 e. The summed E-state index contributed by atoms with van der Waals surface area (Å²) < 4.78 is 24.9. The first-order chi connectivity index (χ1) is 48.9. The summed E-state index contributed by atoms with van der Waals surface area (Å²) in [4.78, 5) is 11.9. The molecule has 0 saturated heterocycles. The molecular weight excluding hydrogens is 1230 g/mol. The van der Waals surface area contributed by atoms with Crippen molar-refractivity contribution in [2.45, 2.75) is 6.42 Å². The van der Waals surface area contributed by atoms with Crippen molar-refractivity contribution in [2.75, 3.05) is 4.90 Å². The fourth-order valence-corrected chi connectivity index (χ4v) is 14.1. The second-order valence-electron chi connectivity index (χ2n) is 24.9. The van der Waals surface area contributed by atoms with Crippen LogP contribution in [0.5, 0.6) is 0 Å². The molecule has 4 heterocycles. The molecule has 0 radical (unpaired) electrons. The van der Waals surface area contributed by atoms with E-state index < -0.39 is 0 Å². The van der Waals surface area contributed by atoms with Crippen molar-refractivity contribution >= 4 is 138 Å². The summed E-state index contributed by atoms with van der Waals surface area (Å²) in [5.74, 6) is 1.26. The molecule has 468 valence electrons. The number of nitrogens with zero attached hydrogens (tertiary/aromatic N) is 3. The number of fused-ring (bicyclic) bond motifs is 16. The Hall–Kier alpha value is -12.8. The van der Waals surface area contributed by atoms with Crippen LogP contribution >= 0.6 is 11.6 Å². The lowest BCUT2D eigenvalue weighted by molar-refractivity contribution is 0.623. The fourth-order valence-electron chi connectivity index (χ4n) is 13.9. The van der Waals surface area contributed by atoms with Crippen molar-refractivity contribution in [3.8, 4) is 45.2 Å². The van der Waals surface area contributed by atoms with Crippen LogP contribution in [0.4, 0.5) is 17.1 Å². The molecule has 0 spiro atoms. The highest BCUT2D eigenvalue weighted by Gasteiger charge is 2.21. The van der Waals surface area contributed by atoms with E-state index in [0.29, 0.717) is 11.8 Å². The van der Waals surface area contributed by atoms with Crippen molar-refractivity contribution in [1.82, 2.24) is 9.97 Å². The molecule has 4 aromatic heterocycles. The highest BCUT2D eigenvalue weighted by atomic mass is 35.5. The zero-order valence-corrected chi connectivity index (χ0v) is 54.1. The number of para-hydroxylation sites is 2. The molecule has 20 rings (SSSR count). The van der Waals surface area contributed by atoms with Gasteiger partial charge in [0, 0.05) is 65.5 Å². The molecule has 7 nitrogen and oxygen atoms in total. The van der Waals surface area contributed by atoms with Crippen LogP contribution in [0.25, 0.3) is 154 Å². The molecule has 0 aliphatic heterocycles. The first-order valence-corrected chi connectivity index (χ1v) is 33.5. The summed E-state index contributed by atoms with van der Waals surface area (Å²) >= 11 is 6.23. The van der Waals surface area contributed by atoms with Gasteiger partial charge in [-0.05, 0) is 187 Å². The van der Waals surface area contributed by atoms with Crippen molar-refractivity contribution < 1.29 is 17.7 Å². The third kappa shape index (κ3) is 11.2. The molecule has 0 amide bonds. The second kappa shape index (κ2) is 25.1. The van der Waals surface area contributed by atoms with E-state index in [1.165, 1.54) is 38.6 Å². The summed E-state index contributed by atoms with van der Waals surface area (Å²) in [7, 11) is 0. The van der Waals surface area contributed by atoms with Gasteiger partial charge in [0.15, 0.2) is 11.2 Å². The summed E-state index contributed by atoms with van der Waals surface area (Å²) in [6, 6.07) is 118. The molecule has 8 heteroatoms. The molecule has 0 unspecified atom stereocenters. The Morgan fingerprint density at radius 3 is 1.25 bits per heavy atom. The number of oxazole rings is 2. The number of halogens is 1. The predicted molar refractivity (Wildman–Crippen MR) is 410 cm³/mol. The molecule has 0 aliphatic rings. The van der Waals surface area contributed by atoms with Gasteiger partial charge in [0.25, 0.3) is 0 Å². The normalized spacial score (nSPS) is 11.5. The lowest BCUT2D eigenvalue weighted by atomic mass is 9.98. The fraction of sp³-hybridized carbons (Fsp3) is 0.0110. The smallest absolute Gasteiger partial charge is 0.227 e. The summed E-state index contributed by atoms with van der Waals surface area (Å²) in [5.41, 5.74) is 19.5. The summed E-state index contributed by atoms with van der Waals surface area (Å²) in [6.45, 7) is 0. The highest BCUT2D eigenvalue weighted by molar-refractivity contribution is 6.32. The van der Waals surface area contributed by atoms with Crippen LogP contribution in [-0.2, 0) is 6.42 Å². The van der Waals surface area contributed by atoms with E-state index in [2.05, 4.69) is 240 Å². The van der Waals surface area contributed by atoms with Gasteiger partial charge in [0.05, 0.1) is 0 Å². The second-order valence-corrected chi connectivity index (χ2v) is 25.3. The predicted octanol–water partition coefficient (Wildman–Crippen LogP) is 26.1. The number of hydrogen-bond donors (Lipinski definition) is 0. The van der Waals surface area contributed by atoms with E-state index in [9.17, 15) is 0 Å². The topological polar surface area (TPSA) is 81.6 Å². The SMILES string of the molecule is Clc1ccc2ccc3ccc4nc(-c5ccccc5)oc4c3c2c1.c1ccc(-c2cccc(Cc3ccc4oc5ccccc5c4c3)c2)cc1.c1ccc(-c2cccc(N(c3ccc4oc5ccccc5c4c3)c3ccc4ccc5ccc6nc(-c7ccccc7)oc6c5c4c3)c2)cc1. The van der Waals surface area contributed by atoms with E-state index in [1.54, 1.807) is 0 Å². The molecule has 0 aliphatic carbocycles. The Balaban J connectivity index is 0.000000119. The zero-order valence-electron chi connectivity index (χ0n) is 53.4. The average molecular weight is 1290 g/mol. The number of benzene rings is 16. The van der Waals surface area contributed by atoms with Gasteiger partial charge in [-0.25, -0.2) is 9.97 Å². The van der Waals surface area contributed by atoms with E-state index in [-0.39, 0.29) is 0 Å². The van der Waals surface area contributed by atoms with Crippen LogP contribution in [0.1, 0.15) is 11.1 Å². The maximum Gasteiger partial charge on any atom is 0.227 e. The molecular formula is C91H58ClN3O4. The first kappa shape index (κ1) is 58.7. The average Bonchev–Trinajstić information content (AvgIpc) is 1.74. The summed E-state index contributed by atoms with van der Waals surface area (Å²) in [5, 5.41) is 14.1. The van der Waals surface area contributed by atoms with Gasteiger partial charge in [0.2, 0.25) is 11.8 Å². The number of furan rings is 2. The van der Waals surface area contributed by atoms with Crippen LogP contribution in [0, 0.1) is 0 Å². The molecule has 16 aromatic carbocycles. The Morgan fingerprint density at radius 2 is 0.667 bits per heavy atom. The number of rotatable bonds is 9. The zero-order chi connectivity index (χ0) is 65.8. The molecule has 0 bridgehead atoms. The van der Waals surface area contributed by atoms with Crippen LogP contribution in [0.15, 0.2) is 357 Å². The number of anilines is 3. The summed E-state index contributed by atoms with van der Waals surface area (Å²) in [6.07, 6.45) is 0.913. The lowest BCUT2D eigenvalue weighted by Crippen LogP contribution is -2.10. The van der Waals surface area contributed by atoms with Gasteiger partial charge >= 0.3 is 0 Å². The van der Waals surface area contributed by atoms with E-state index in [0.717, 1.165) is 144 Å². The molecule has 0 saturated carbocycles. The monoisotopic (exact) mass is 1290 g/mol. The highest BCUT2D eigenvalue weighted by Crippen LogP contribution is 2.44. The quantitative estimate of drug-likeness (QED) is 0.133. The molecule has 0 atom stereocenters. The van der Waals surface area contributed by atoms with Gasteiger partial charge in [0.1, 0.15) is 33.4 Å². The Bertz CT molecular complexity index is 6420. The Kier molecular flexibility index (Phi) is 14.9. The molecule has 20 aromatic rings. The van der Waals surface area contributed by atoms with Gasteiger partial charge in [-0.15, -0.1) is 0 Å². The molecule has 0 N–H and O–H groups in total. The minimum absolute atomic E-state index is 0.622. The molecule has 0 fully saturated rings. The van der Waals surface area contributed by atoms with E-state index in [4.69, 9.17) is 34.3 Å². The van der Waals surface area contributed by atoms with Crippen molar-refractivity contribution in [3.05, 3.63) is 356 Å². The maximum absolute atomic E-state index is 6.55. The number of aromatic nitrogens is 2. The third-order valence-corrected chi connectivity index (χ3v) is 18.9. The van der Waals surface area contributed by atoms with Crippen LogP contribution in [-0.4, -0.2) is 9.97 Å². The van der Waals surface area contributed by atoms with Crippen LogP contribution < -0.4 is 4.90 Å². The van der Waals surface area contributed by atoms with Crippen molar-refractivity contribution in [1.29, 1.82) is 0 Å². The minimum atomic E-state index is 0.622. The maximum atomic E-state index is 6.55. The van der Waals surface area contributed by atoms with E-state index >= 15 is 0 Å². The number of hydrogen-bond acceptors (Lipinski definition) is 7. The lowest BCUT2D eigenvalue weighted by Gasteiger charge is -2.26.